The van der Waals surface area contributed by atoms with Crippen LogP contribution in [-0.2, 0) is 0 Å². The highest BCUT2D eigenvalue weighted by molar-refractivity contribution is 7.25. The largest absolute Gasteiger partial charge is 0.240 e. The quantitative estimate of drug-likeness (QED) is 0.498. The molecule has 0 bridgehead atoms. The third-order valence-corrected chi connectivity index (χ3v) is 4.80. The van der Waals surface area contributed by atoms with Gasteiger partial charge in [0.1, 0.15) is 6.33 Å². The lowest BCUT2D eigenvalue weighted by molar-refractivity contribution is 1.16. The van der Waals surface area contributed by atoms with Crippen LogP contribution in [-0.4, -0.2) is 9.97 Å². The van der Waals surface area contributed by atoms with Gasteiger partial charge < -0.3 is 0 Å². The number of hydrogen-bond acceptors (Lipinski definition) is 3. The lowest BCUT2D eigenvalue weighted by atomic mass is 10.0. The number of aromatic nitrogens is 2. The molecule has 2 aromatic carbocycles. The van der Waals surface area contributed by atoms with Gasteiger partial charge in [0, 0.05) is 10.1 Å². The molecule has 0 radical (unpaired) electrons. The molecule has 2 heterocycles. The first-order valence-electron chi connectivity index (χ1n) is 6.52. The van der Waals surface area contributed by atoms with Crippen LogP contribution in [0.25, 0.3) is 31.4 Å². The maximum Gasteiger partial charge on any atom is 0.116 e. The number of fused-ring (bicyclic) bond motifs is 3. The Morgan fingerprint density at radius 3 is 2.60 bits per heavy atom. The molecule has 0 unspecified atom stereocenters. The Kier molecular flexibility index (Phi) is 2.54. The van der Waals surface area contributed by atoms with Gasteiger partial charge in [-0.1, -0.05) is 36.4 Å². The van der Waals surface area contributed by atoms with Crippen molar-refractivity contribution in [2.45, 2.75) is 6.92 Å². The molecule has 0 aliphatic heterocycles. The number of nitrogens with zero attached hydrogens (tertiary/aromatic N) is 2. The molecule has 4 aromatic rings. The van der Waals surface area contributed by atoms with E-state index in [1.807, 2.05) is 13.0 Å². The van der Waals surface area contributed by atoms with Crippen molar-refractivity contribution in [2.75, 3.05) is 0 Å². The van der Waals surface area contributed by atoms with Gasteiger partial charge in [-0.05, 0) is 30.2 Å². The highest BCUT2D eigenvalue weighted by Crippen LogP contribution is 2.35. The number of aryl methyl sites for hydroxylation is 1. The summed E-state index contributed by atoms with van der Waals surface area (Å²) in [5.74, 6) is 0. The molecule has 0 aliphatic carbocycles. The van der Waals surface area contributed by atoms with Crippen molar-refractivity contribution in [1.29, 1.82) is 0 Å². The summed E-state index contributed by atoms with van der Waals surface area (Å²) in [5.41, 5.74) is 4.58. The summed E-state index contributed by atoms with van der Waals surface area (Å²) in [6.45, 7) is 2.04. The summed E-state index contributed by atoms with van der Waals surface area (Å²) in [4.78, 5) is 8.75. The zero-order valence-electron chi connectivity index (χ0n) is 11.0. The predicted octanol–water partition coefficient (Wildman–Crippen LogP) is 4.82. The Hall–Kier alpha value is -2.26. The van der Waals surface area contributed by atoms with Crippen LogP contribution in [0.1, 0.15) is 5.69 Å². The first-order valence-corrected chi connectivity index (χ1v) is 7.34. The minimum Gasteiger partial charge on any atom is -0.240 e. The molecule has 96 valence electrons. The van der Waals surface area contributed by atoms with Crippen LogP contribution in [0, 0.1) is 6.92 Å². The van der Waals surface area contributed by atoms with Crippen molar-refractivity contribution < 1.29 is 0 Å². The summed E-state index contributed by atoms with van der Waals surface area (Å²) in [5, 5.41) is 1.22. The van der Waals surface area contributed by atoms with Gasteiger partial charge in [0.05, 0.1) is 15.9 Å². The fourth-order valence-electron chi connectivity index (χ4n) is 2.50. The van der Waals surface area contributed by atoms with Crippen LogP contribution in [0.15, 0.2) is 54.9 Å². The second-order valence-electron chi connectivity index (χ2n) is 4.82. The van der Waals surface area contributed by atoms with Crippen LogP contribution in [0.2, 0.25) is 0 Å². The topological polar surface area (TPSA) is 25.8 Å². The summed E-state index contributed by atoms with van der Waals surface area (Å²) in [6.07, 6.45) is 1.65. The van der Waals surface area contributed by atoms with E-state index >= 15 is 0 Å². The minimum absolute atomic E-state index is 1.05. The summed E-state index contributed by atoms with van der Waals surface area (Å²) in [6, 6.07) is 17.0. The Morgan fingerprint density at radius 1 is 0.900 bits per heavy atom. The van der Waals surface area contributed by atoms with E-state index in [0.29, 0.717) is 0 Å². The molecule has 0 atom stereocenters. The molecule has 0 spiro atoms. The van der Waals surface area contributed by atoms with E-state index in [2.05, 4.69) is 52.4 Å². The van der Waals surface area contributed by atoms with Crippen molar-refractivity contribution in [3.63, 3.8) is 0 Å². The number of hydrogen-bond donors (Lipinski definition) is 0. The van der Waals surface area contributed by atoms with Crippen molar-refractivity contribution in [2.24, 2.45) is 0 Å². The first-order chi connectivity index (χ1) is 9.83. The van der Waals surface area contributed by atoms with Gasteiger partial charge in [-0.2, -0.15) is 0 Å². The van der Waals surface area contributed by atoms with Crippen molar-refractivity contribution in [3.05, 3.63) is 60.6 Å². The maximum atomic E-state index is 4.46. The molecular weight excluding hydrogens is 264 g/mol. The molecular formula is C17H12N2S. The average Bonchev–Trinajstić information content (AvgIpc) is 2.88. The molecule has 3 heteroatoms. The number of thiophene rings is 1. The van der Waals surface area contributed by atoms with Gasteiger partial charge in [0.15, 0.2) is 0 Å². The number of rotatable bonds is 1. The molecule has 20 heavy (non-hydrogen) atoms. The predicted molar refractivity (Wildman–Crippen MR) is 85.1 cm³/mol. The Bertz CT molecular complexity index is 910. The van der Waals surface area contributed by atoms with Crippen LogP contribution in [0.4, 0.5) is 0 Å². The highest BCUT2D eigenvalue weighted by Gasteiger charge is 2.09. The molecule has 0 saturated heterocycles. The van der Waals surface area contributed by atoms with Gasteiger partial charge in [-0.15, -0.1) is 11.3 Å². The second-order valence-corrected chi connectivity index (χ2v) is 5.87. The lowest BCUT2D eigenvalue weighted by Gasteiger charge is -2.01. The lowest BCUT2D eigenvalue weighted by Crippen LogP contribution is -1.82. The van der Waals surface area contributed by atoms with Crippen molar-refractivity contribution in [3.8, 4) is 11.1 Å². The van der Waals surface area contributed by atoms with Gasteiger partial charge >= 0.3 is 0 Å². The van der Waals surface area contributed by atoms with Crippen molar-refractivity contribution in [1.82, 2.24) is 9.97 Å². The summed E-state index contributed by atoms with van der Waals surface area (Å²) < 4.78 is 2.45. The van der Waals surface area contributed by atoms with Crippen LogP contribution in [0.5, 0.6) is 0 Å². The zero-order valence-corrected chi connectivity index (χ0v) is 11.8. The SMILES string of the molecule is Cc1ncnc2c1sc1ccc(-c3ccccc3)cc12. The highest BCUT2D eigenvalue weighted by atomic mass is 32.1. The van der Waals surface area contributed by atoms with Gasteiger partial charge in [-0.3, -0.25) is 0 Å². The third kappa shape index (κ3) is 1.71. The molecule has 2 nitrogen and oxygen atoms in total. The first kappa shape index (κ1) is 11.6. The molecule has 0 aliphatic rings. The summed E-state index contributed by atoms with van der Waals surface area (Å²) in [7, 11) is 0. The Balaban J connectivity index is 2.04. The van der Waals surface area contributed by atoms with E-state index in [1.165, 1.54) is 25.9 Å². The van der Waals surface area contributed by atoms with E-state index in [1.54, 1.807) is 17.7 Å². The molecule has 0 saturated carbocycles. The Labute approximate surface area is 120 Å². The monoisotopic (exact) mass is 276 g/mol. The van der Waals surface area contributed by atoms with E-state index < -0.39 is 0 Å². The molecule has 0 amide bonds. The van der Waals surface area contributed by atoms with Gasteiger partial charge in [0.2, 0.25) is 0 Å². The molecule has 0 fully saturated rings. The van der Waals surface area contributed by atoms with Crippen LogP contribution >= 0.6 is 11.3 Å². The third-order valence-electron chi connectivity index (χ3n) is 3.54. The van der Waals surface area contributed by atoms with Gasteiger partial charge in [0.25, 0.3) is 0 Å². The average molecular weight is 276 g/mol. The maximum absolute atomic E-state index is 4.46. The van der Waals surface area contributed by atoms with E-state index in [4.69, 9.17) is 0 Å². The second kappa shape index (κ2) is 4.39. The fraction of sp³-hybridized carbons (Fsp3) is 0.0588. The summed E-state index contributed by atoms with van der Waals surface area (Å²) >= 11 is 1.77. The normalized spacial score (nSPS) is 11.2. The molecule has 4 rings (SSSR count). The van der Waals surface area contributed by atoms with E-state index in [0.717, 1.165) is 11.2 Å². The van der Waals surface area contributed by atoms with Crippen LogP contribution in [0.3, 0.4) is 0 Å². The van der Waals surface area contributed by atoms with Crippen molar-refractivity contribution >= 4 is 31.6 Å². The fourth-order valence-corrected chi connectivity index (χ4v) is 3.58. The zero-order chi connectivity index (χ0) is 13.5. The molecule has 2 aromatic heterocycles. The van der Waals surface area contributed by atoms with E-state index in [9.17, 15) is 0 Å². The smallest absolute Gasteiger partial charge is 0.116 e. The van der Waals surface area contributed by atoms with Crippen LogP contribution < -0.4 is 0 Å². The molecule has 0 N–H and O–H groups in total. The number of benzene rings is 2. The Morgan fingerprint density at radius 2 is 1.75 bits per heavy atom. The standard InChI is InChI=1S/C17H12N2S/c1-11-17-16(19-10-18-11)14-9-13(7-8-15(14)20-17)12-5-3-2-4-6-12/h2-10H,1H3. The van der Waals surface area contributed by atoms with E-state index in [-0.39, 0.29) is 0 Å². The van der Waals surface area contributed by atoms with Gasteiger partial charge in [-0.25, -0.2) is 9.97 Å². The minimum atomic E-state index is 1.05.